The summed E-state index contributed by atoms with van der Waals surface area (Å²) < 4.78 is 16.7. The van der Waals surface area contributed by atoms with Crippen LogP contribution in [-0.2, 0) is 14.2 Å². The van der Waals surface area contributed by atoms with E-state index in [1.165, 1.54) is 0 Å². The molecule has 3 aliphatic rings. The van der Waals surface area contributed by atoms with Crippen LogP contribution in [-0.4, -0.2) is 58.6 Å². The number of carbonyl (C=O) groups is 2. The van der Waals surface area contributed by atoms with Gasteiger partial charge in [-0.3, -0.25) is 9.59 Å². The summed E-state index contributed by atoms with van der Waals surface area (Å²) in [6, 6.07) is 1.61. The number of fused-ring (bicyclic) bond motifs is 2. The Hall–Kier alpha value is -2.52. The van der Waals surface area contributed by atoms with Crippen molar-refractivity contribution in [2.24, 2.45) is 0 Å². The van der Waals surface area contributed by atoms with Crippen LogP contribution >= 0.6 is 0 Å². The minimum Gasteiger partial charge on any atom is -0.507 e. The molecule has 1 aromatic carbocycles. The van der Waals surface area contributed by atoms with Crippen LogP contribution in [0, 0.1) is 0 Å². The minimum atomic E-state index is -1.23. The lowest BCUT2D eigenvalue weighted by atomic mass is 9.82. The van der Waals surface area contributed by atoms with E-state index < -0.39 is 42.8 Å². The van der Waals surface area contributed by atoms with Gasteiger partial charge in [-0.25, -0.2) is 0 Å². The van der Waals surface area contributed by atoms with Crippen molar-refractivity contribution in [3.8, 4) is 5.75 Å². The summed E-state index contributed by atoms with van der Waals surface area (Å²) in [5.74, 6) is -0.655. The number of ketones is 2. The second-order valence-electron chi connectivity index (χ2n) is 7.68. The maximum absolute atomic E-state index is 13.3. The van der Waals surface area contributed by atoms with Crippen LogP contribution in [0.5, 0.6) is 5.75 Å². The molecule has 3 N–H and O–H groups in total. The summed E-state index contributed by atoms with van der Waals surface area (Å²) in [4.78, 5) is 26.1. The molecule has 1 aliphatic carbocycles. The van der Waals surface area contributed by atoms with Crippen LogP contribution in [0.1, 0.15) is 64.6 Å². The maximum Gasteiger partial charge on any atom is 0.198 e. The molecule has 160 valence electrons. The highest BCUT2D eigenvalue weighted by Crippen LogP contribution is 2.44. The van der Waals surface area contributed by atoms with Gasteiger partial charge in [-0.05, 0) is 37.1 Å². The van der Waals surface area contributed by atoms with Crippen LogP contribution < -0.4 is 0 Å². The van der Waals surface area contributed by atoms with Gasteiger partial charge in [0.1, 0.15) is 24.1 Å². The van der Waals surface area contributed by atoms with E-state index in [0.29, 0.717) is 23.3 Å². The van der Waals surface area contributed by atoms with Gasteiger partial charge in [0.15, 0.2) is 17.9 Å². The van der Waals surface area contributed by atoms with Crippen molar-refractivity contribution in [3.63, 3.8) is 0 Å². The zero-order chi connectivity index (χ0) is 21.6. The van der Waals surface area contributed by atoms with Crippen molar-refractivity contribution in [1.29, 1.82) is 0 Å². The number of aliphatic hydroxyl groups is 2. The molecule has 0 amide bonds. The summed E-state index contributed by atoms with van der Waals surface area (Å²) in [6.45, 7) is 3.17. The molecule has 8 nitrogen and oxygen atoms in total. The van der Waals surface area contributed by atoms with Gasteiger partial charge in [0.05, 0.1) is 30.1 Å². The molecule has 1 aromatic rings. The number of aromatic hydroxyl groups is 1. The molecule has 0 bridgehead atoms. The fraction of sp³-hybridized carbons (Fsp3) is 0.455. The van der Waals surface area contributed by atoms with E-state index >= 15 is 0 Å². The Morgan fingerprint density at radius 2 is 2.00 bits per heavy atom. The fourth-order valence-electron chi connectivity index (χ4n) is 4.10. The highest BCUT2D eigenvalue weighted by Gasteiger charge is 2.40. The van der Waals surface area contributed by atoms with Crippen molar-refractivity contribution in [3.05, 3.63) is 45.7 Å². The number of hydrogen-bond acceptors (Lipinski definition) is 8. The topological polar surface area (TPSA) is 123 Å². The average Bonchev–Trinajstić information content (AvgIpc) is 2.70. The highest BCUT2D eigenvalue weighted by atomic mass is 16.7. The van der Waals surface area contributed by atoms with Gasteiger partial charge in [-0.15, -0.1) is 0 Å². The number of ether oxygens (including phenoxy) is 3. The molecule has 2 aliphatic heterocycles. The smallest absolute Gasteiger partial charge is 0.198 e. The Kier molecular flexibility index (Phi) is 5.50. The molecule has 0 saturated carbocycles. The predicted molar refractivity (Wildman–Crippen MR) is 105 cm³/mol. The van der Waals surface area contributed by atoms with Gasteiger partial charge in [-0.1, -0.05) is 13.3 Å². The van der Waals surface area contributed by atoms with E-state index in [9.17, 15) is 24.9 Å². The summed E-state index contributed by atoms with van der Waals surface area (Å²) in [7, 11) is 0. The van der Waals surface area contributed by atoms with Crippen molar-refractivity contribution in [2.75, 3.05) is 13.2 Å². The van der Waals surface area contributed by atoms with Crippen LogP contribution in [0.2, 0.25) is 0 Å². The third-order valence-corrected chi connectivity index (χ3v) is 5.55. The summed E-state index contributed by atoms with van der Waals surface area (Å²) in [5.41, 5.74) is 1.06. The van der Waals surface area contributed by atoms with Gasteiger partial charge in [0.2, 0.25) is 0 Å². The predicted octanol–water partition coefficient (Wildman–Crippen LogP) is 2.02. The van der Waals surface area contributed by atoms with Crippen LogP contribution in [0.3, 0.4) is 0 Å². The van der Waals surface area contributed by atoms with E-state index in [0.717, 1.165) is 12.5 Å². The number of allylic oxidation sites excluding steroid dienone is 2. The largest absolute Gasteiger partial charge is 0.507 e. The number of carbonyl (C=O) groups excluding carboxylic acids is 2. The van der Waals surface area contributed by atoms with E-state index in [-0.39, 0.29) is 29.1 Å². The number of aliphatic hydroxyl groups excluding tert-OH is 2. The molecule has 1 fully saturated rings. The van der Waals surface area contributed by atoms with Crippen molar-refractivity contribution < 1.29 is 39.1 Å². The normalized spacial score (nSPS) is 28.3. The zero-order valence-corrected chi connectivity index (χ0v) is 16.8. The van der Waals surface area contributed by atoms with Crippen molar-refractivity contribution >= 4 is 17.6 Å². The van der Waals surface area contributed by atoms with Gasteiger partial charge < -0.3 is 29.5 Å². The number of rotatable bonds is 4. The molecule has 4 rings (SSSR count). The summed E-state index contributed by atoms with van der Waals surface area (Å²) >= 11 is 0. The molecule has 2 heterocycles. The quantitative estimate of drug-likeness (QED) is 0.681. The maximum atomic E-state index is 13.3. The van der Waals surface area contributed by atoms with E-state index in [1.807, 2.05) is 6.92 Å². The number of Topliss-reactive ketones (excluding diaryl/α,β-unsaturated/α-hetero) is 1. The van der Waals surface area contributed by atoms with Gasteiger partial charge in [0, 0.05) is 11.1 Å². The number of phenols is 1. The lowest BCUT2D eigenvalue weighted by molar-refractivity contribution is -0.241. The first-order chi connectivity index (χ1) is 14.3. The SMILES string of the molecule is CCC[C@H]1OC(C)=Cc2cc3c(c(O)c21)C(=O)C([C@H]1OC[C@@H](O)[C@H](CO)O1)=CC3=O. The molecule has 0 aromatic heterocycles. The third-order valence-electron chi connectivity index (χ3n) is 5.55. The van der Waals surface area contributed by atoms with Crippen LogP contribution in [0.4, 0.5) is 0 Å². The molecule has 0 spiro atoms. The molecule has 0 radical (unpaired) electrons. The Labute approximate surface area is 173 Å². The monoisotopic (exact) mass is 416 g/mol. The standard InChI is InChI=1S/C22H24O8/c1-3-4-16-18-11(5-10(2)29-16)6-12-14(24)7-13(20(26)19(12)21(18)27)22-28-9-15(25)17(8-23)30-22/h5-7,15-17,22-23,25,27H,3-4,8-9H2,1-2H3/t15-,16-,17+,22+/m1/s1. The number of phenolic OH excluding ortho intramolecular Hbond substituents is 1. The highest BCUT2D eigenvalue weighted by molar-refractivity contribution is 6.26. The Bertz CT molecular complexity index is 960. The second-order valence-corrected chi connectivity index (χ2v) is 7.68. The first-order valence-corrected chi connectivity index (χ1v) is 9.97. The van der Waals surface area contributed by atoms with Gasteiger partial charge in [-0.2, -0.15) is 0 Å². The molecular weight excluding hydrogens is 392 g/mol. The summed E-state index contributed by atoms with van der Waals surface area (Å²) in [6.07, 6.45) is 0.675. The molecule has 0 unspecified atom stereocenters. The number of hydrogen-bond donors (Lipinski definition) is 3. The Morgan fingerprint density at radius 3 is 2.70 bits per heavy atom. The Morgan fingerprint density at radius 1 is 1.23 bits per heavy atom. The van der Waals surface area contributed by atoms with Crippen LogP contribution in [0.15, 0.2) is 23.5 Å². The second kappa shape index (κ2) is 7.96. The average molecular weight is 416 g/mol. The van der Waals surface area contributed by atoms with E-state index in [1.54, 1.807) is 19.1 Å². The zero-order valence-electron chi connectivity index (χ0n) is 16.8. The Balaban J connectivity index is 1.77. The first kappa shape index (κ1) is 20.7. The van der Waals surface area contributed by atoms with E-state index in [4.69, 9.17) is 14.2 Å². The van der Waals surface area contributed by atoms with Crippen molar-refractivity contribution in [2.45, 2.75) is 51.3 Å². The number of benzene rings is 1. The van der Waals surface area contributed by atoms with Gasteiger partial charge in [0.25, 0.3) is 0 Å². The summed E-state index contributed by atoms with van der Waals surface area (Å²) in [5, 5.41) is 30.2. The molecule has 30 heavy (non-hydrogen) atoms. The fourth-order valence-corrected chi connectivity index (χ4v) is 4.10. The van der Waals surface area contributed by atoms with Gasteiger partial charge >= 0.3 is 0 Å². The lowest BCUT2D eigenvalue weighted by Crippen LogP contribution is -2.47. The van der Waals surface area contributed by atoms with Crippen LogP contribution in [0.25, 0.3) is 6.08 Å². The molecular formula is C22H24O8. The lowest BCUT2D eigenvalue weighted by Gasteiger charge is -2.35. The first-order valence-electron chi connectivity index (χ1n) is 9.97. The molecule has 8 heteroatoms. The minimum absolute atomic E-state index is 0.0800. The molecule has 4 atom stereocenters. The van der Waals surface area contributed by atoms with E-state index in [2.05, 4.69) is 0 Å². The van der Waals surface area contributed by atoms with Crippen molar-refractivity contribution in [1.82, 2.24) is 0 Å². The third kappa shape index (κ3) is 3.35. The molecule has 1 saturated heterocycles.